The van der Waals surface area contributed by atoms with E-state index in [-0.39, 0.29) is 12.5 Å². The topological polar surface area (TPSA) is 79.2 Å². The minimum absolute atomic E-state index is 0.0608. The number of nitrogens with zero attached hydrogens (tertiary/aromatic N) is 4. The van der Waals surface area contributed by atoms with Crippen molar-refractivity contribution in [3.63, 3.8) is 0 Å². The number of hydrogen-bond acceptors (Lipinski definition) is 6. The Hall–Kier alpha value is -1.86. The highest BCUT2D eigenvalue weighted by molar-refractivity contribution is 7.17. The molecule has 2 heterocycles. The van der Waals surface area contributed by atoms with E-state index in [0.717, 1.165) is 0 Å². The highest BCUT2D eigenvalue weighted by Crippen LogP contribution is 2.25. The SMILES string of the molecule is Cc1nc(-c2ncccn2)sc1C(=O)N(C)CCO. The molecular formula is C12H14N4O2S. The lowest BCUT2D eigenvalue weighted by Crippen LogP contribution is -2.29. The van der Waals surface area contributed by atoms with Gasteiger partial charge in [0.1, 0.15) is 4.88 Å². The van der Waals surface area contributed by atoms with Crippen LogP contribution >= 0.6 is 11.3 Å². The van der Waals surface area contributed by atoms with Crippen LogP contribution in [-0.2, 0) is 0 Å². The molecule has 0 fully saturated rings. The van der Waals surface area contributed by atoms with Crippen LogP contribution in [0, 0.1) is 6.92 Å². The number of aryl methyl sites for hydroxylation is 1. The number of amides is 1. The van der Waals surface area contributed by atoms with Gasteiger partial charge in [0.25, 0.3) is 5.91 Å². The highest BCUT2D eigenvalue weighted by atomic mass is 32.1. The number of aliphatic hydroxyl groups excluding tert-OH is 1. The van der Waals surface area contributed by atoms with Crippen molar-refractivity contribution in [3.05, 3.63) is 29.0 Å². The standard InChI is InChI=1S/C12H14N4O2S/c1-8-9(12(18)16(2)6-7-17)19-11(15-8)10-13-4-3-5-14-10/h3-5,17H,6-7H2,1-2H3. The Labute approximate surface area is 114 Å². The van der Waals surface area contributed by atoms with Crippen LogP contribution in [0.5, 0.6) is 0 Å². The van der Waals surface area contributed by atoms with Crippen molar-refractivity contribution in [1.82, 2.24) is 19.9 Å². The maximum absolute atomic E-state index is 12.1. The predicted molar refractivity (Wildman–Crippen MR) is 71.9 cm³/mol. The summed E-state index contributed by atoms with van der Waals surface area (Å²) in [5, 5.41) is 9.48. The summed E-state index contributed by atoms with van der Waals surface area (Å²) in [6.45, 7) is 2.02. The predicted octanol–water partition coefficient (Wildman–Crippen LogP) is 0.973. The van der Waals surface area contributed by atoms with Gasteiger partial charge in [0.2, 0.25) is 0 Å². The van der Waals surface area contributed by atoms with E-state index >= 15 is 0 Å². The molecule has 0 saturated heterocycles. The molecule has 2 aromatic heterocycles. The van der Waals surface area contributed by atoms with Gasteiger partial charge in [0, 0.05) is 26.0 Å². The molecule has 2 rings (SSSR count). The van der Waals surface area contributed by atoms with Crippen molar-refractivity contribution < 1.29 is 9.90 Å². The van der Waals surface area contributed by atoms with Gasteiger partial charge in [0.05, 0.1) is 12.3 Å². The Morgan fingerprint density at radius 1 is 1.42 bits per heavy atom. The monoisotopic (exact) mass is 278 g/mol. The van der Waals surface area contributed by atoms with Gasteiger partial charge in [-0.25, -0.2) is 15.0 Å². The van der Waals surface area contributed by atoms with Gasteiger partial charge in [-0.1, -0.05) is 0 Å². The van der Waals surface area contributed by atoms with Crippen molar-refractivity contribution >= 4 is 17.2 Å². The molecule has 0 spiro atoms. The first kappa shape index (κ1) is 13.6. The Morgan fingerprint density at radius 2 is 2.11 bits per heavy atom. The molecule has 0 aliphatic rings. The normalized spacial score (nSPS) is 10.5. The molecule has 19 heavy (non-hydrogen) atoms. The average molecular weight is 278 g/mol. The van der Waals surface area contributed by atoms with Crippen LogP contribution in [0.3, 0.4) is 0 Å². The number of likely N-dealkylation sites (N-methyl/N-ethyl adjacent to an activating group) is 1. The number of carbonyl (C=O) groups excluding carboxylic acids is 1. The summed E-state index contributed by atoms with van der Waals surface area (Å²) in [7, 11) is 1.65. The molecular weight excluding hydrogens is 264 g/mol. The summed E-state index contributed by atoms with van der Waals surface area (Å²) in [5.41, 5.74) is 0.655. The van der Waals surface area contributed by atoms with Gasteiger partial charge in [-0.05, 0) is 13.0 Å². The molecule has 0 atom stereocenters. The second kappa shape index (κ2) is 5.85. The minimum Gasteiger partial charge on any atom is -0.395 e. The summed E-state index contributed by atoms with van der Waals surface area (Å²) in [6.07, 6.45) is 3.27. The maximum Gasteiger partial charge on any atom is 0.265 e. The van der Waals surface area contributed by atoms with Crippen LogP contribution in [0.15, 0.2) is 18.5 Å². The van der Waals surface area contributed by atoms with E-state index in [9.17, 15) is 4.79 Å². The highest BCUT2D eigenvalue weighted by Gasteiger charge is 2.20. The molecule has 2 aromatic rings. The summed E-state index contributed by atoms with van der Waals surface area (Å²) in [5.74, 6) is 0.366. The zero-order chi connectivity index (χ0) is 13.8. The Bertz CT molecular complexity index is 570. The first-order valence-electron chi connectivity index (χ1n) is 5.74. The van der Waals surface area contributed by atoms with Crippen LogP contribution in [0.1, 0.15) is 15.4 Å². The minimum atomic E-state index is -0.147. The van der Waals surface area contributed by atoms with Crippen LogP contribution < -0.4 is 0 Å². The van der Waals surface area contributed by atoms with E-state index in [1.807, 2.05) is 0 Å². The molecule has 0 aliphatic heterocycles. The Kier molecular flexibility index (Phi) is 4.18. The lowest BCUT2D eigenvalue weighted by atomic mass is 10.3. The summed E-state index contributed by atoms with van der Waals surface area (Å²) in [6, 6.07) is 1.73. The largest absolute Gasteiger partial charge is 0.395 e. The van der Waals surface area contributed by atoms with E-state index in [2.05, 4.69) is 15.0 Å². The smallest absolute Gasteiger partial charge is 0.265 e. The fourth-order valence-electron chi connectivity index (χ4n) is 1.52. The molecule has 1 N–H and O–H groups in total. The molecule has 100 valence electrons. The molecule has 0 saturated carbocycles. The van der Waals surface area contributed by atoms with Crippen molar-refractivity contribution in [2.45, 2.75) is 6.92 Å². The van der Waals surface area contributed by atoms with Crippen molar-refractivity contribution in [2.24, 2.45) is 0 Å². The number of hydrogen-bond donors (Lipinski definition) is 1. The number of aromatic nitrogens is 3. The van der Waals surface area contributed by atoms with Gasteiger partial charge in [0.15, 0.2) is 10.8 Å². The van der Waals surface area contributed by atoms with E-state index in [0.29, 0.717) is 27.9 Å². The summed E-state index contributed by atoms with van der Waals surface area (Å²) >= 11 is 1.27. The maximum atomic E-state index is 12.1. The van der Waals surface area contributed by atoms with Crippen LogP contribution in [-0.4, -0.2) is 51.1 Å². The zero-order valence-electron chi connectivity index (χ0n) is 10.7. The third-order valence-corrected chi connectivity index (χ3v) is 3.67. The van der Waals surface area contributed by atoms with Gasteiger partial charge in [-0.3, -0.25) is 4.79 Å². The third-order valence-electron chi connectivity index (χ3n) is 2.53. The molecule has 0 bridgehead atoms. The summed E-state index contributed by atoms with van der Waals surface area (Å²) in [4.78, 5) is 26.7. The van der Waals surface area contributed by atoms with Crippen LogP contribution in [0.2, 0.25) is 0 Å². The third kappa shape index (κ3) is 2.94. The lowest BCUT2D eigenvalue weighted by Gasteiger charge is -2.14. The molecule has 0 aliphatic carbocycles. The van der Waals surface area contributed by atoms with Gasteiger partial charge >= 0.3 is 0 Å². The molecule has 0 radical (unpaired) electrons. The van der Waals surface area contributed by atoms with Gasteiger partial charge in [-0.15, -0.1) is 11.3 Å². The Morgan fingerprint density at radius 3 is 2.74 bits per heavy atom. The lowest BCUT2D eigenvalue weighted by molar-refractivity contribution is 0.0771. The first-order chi connectivity index (χ1) is 9.13. The number of thiazole rings is 1. The molecule has 0 aromatic carbocycles. The van der Waals surface area contributed by atoms with E-state index in [1.165, 1.54) is 16.2 Å². The second-order valence-corrected chi connectivity index (χ2v) is 4.96. The molecule has 1 amide bonds. The summed E-state index contributed by atoms with van der Waals surface area (Å²) < 4.78 is 0. The number of aliphatic hydroxyl groups is 1. The quantitative estimate of drug-likeness (QED) is 0.901. The zero-order valence-corrected chi connectivity index (χ0v) is 11.5. The molecule has 6 nitrogen and oxygen atoms in total. The number of rotatable bonds is 4. The fraction of sp³-hybridized carbons (Fsp3) is 0.333. The van der Waals surface area contributed by atoms with E-state index in [4.69, 9.17) is 5.11 Å². The van der Waals surface area contributed by atoms with Crippen molar-refractivity contribution in [3.8, 4) is 10.8 Å². The van der Waals surface area contributed by atoms with Gasteiger partial charge < -0.3 is 10.0 Å². The first-order valence-corrected chi connectivity index (χ1v) is 6.56. The molecule has 0 unspecified atom stereocenters. The average Bonchev–Trinajstić information content (AvgIpc) is 2.81. The molecule has 7 heteroatoms. The second-order valence-electron chi connectivity index (χ2n) is 3.96. The fourth-order valence-corrected chi connectivity index (χ4v) is 2.53. The van der Waals surface area contributed by atoms with E-state index in [1.54, 1.807) is 32.4 Å². The van der Waals surface area contributed by atoms with Crippen LogP contribution in [0.4, 0.5) is 0 Å². The van der Waals surface area contributed by atoms with Crippen molar-refractivity contribution in [1.29, 1.82) is 0 Å². The van der Waals surface area contributed by atoms with Gasteiger partial charge in [-0.2, -0.15) is 0 Å². The van der Waals surface area contributed by atoms with Crippen molar-refractivity contribution in [2.75, 3.05) is 20.2 Å². The van der Waals surface area contributed by atoms with Crippen LogP contribution in [0.25, 0.3) is 10.8 Å². The Balaban J connectivity index is 2.29. The van der Waals surface area contributed by atoms with E-state index < -0.39 is 0 Å². The number of carbonyl (C=O) groups is 1.